The number of benzene rings is 4. The second kappa shape index (κ2) is 18.3. The standard InChI is InChI=1S/C46H50ClN5O4/c1-30-8-3-4-17-52(30)18-7-19-54-42-12-6-9-37(31(42)2)38-10-5-11-40-39(38)14-15-43(40)56-45-24-44(55-29-34-21-32(25-48)20-33(22-34)26-49)35(23-41(45)47)27-50-28-36-13-16-46(53)51-36/h5-6,9-12,20-24,30,36,43,50H,3-4,7-8,13-19,27-29H2,1-2H3,(H,51,53)/t30-,36-,43+/m1/s1. The molecule has 0 aromatic heterocycles. The largest absolute Gasteiger partial charge is 0.493 e. The van der Waals surface area contributed by atoms with E-state index in [4.69, 9.17) is 25.8 Å². The minimum atomic E-state index is -0.201. The van der Waals surface area contributed by atoms with Crippen molar-refractivity contribution in [3.63, 3.8) is 0 Å². The maximum atomic E-state index is 11.7. The van der Waals surface area contributed by atoms with E-state index in [0.29, 0.717) is 65.4 Å². The molecular weight excluding hydrogens is 722 g/mol. The predicted octanol–water partition coefficient (Wildman–Crippen LogP) is 8.72. The number of amides is 1. The van der Waals surface area contributed by atoms with Gasteiger partial charge in [-0.05, 0) is 123 Å². The molecule has 3 aliphatic rings. The van der Waals surface area contributed by atoms with Gasteiger partial charge in [-0.15, -0.1) is 0 Å². The van der Waals surface area contributed by atoms with Crippen molar-refractivity contribution in [2.75, 3.05) is 26.2 Å². The average Bonchev–Trinajstić information content (AvgIpc) is 3.83. The number of ether oxygens (including phenoxy) is 3. The Balaban J connectivity index is 1.07. The number of rotatable bonds is 15. The van der Waals surface area contributed by atoms with E-state index in [-0.39, 0.29) is 24.7 Å². The number of carbonyl (C=O) groups excluding carboxylic acids is 1. The van der Waals surface area contributed by atoms with Crippen molar-refractivity contribution in [3.8, 4) is 40.5 Å². The summed E-state index contributed by atoms with van der Waals surface area (Å²) in [5.74, 6) is 2.11. The fourth-order valence-corrected chi connectivity index (χ4v) is 8.59. The molecule has 0 bridgehead atoms. The van der Waals surface area contributed by atoms with E-state index in [1.54, 1.807) is 18.2 Å². The molecule has 9 nitrogen and oxygen atoms in total. The molecule has 4 aromatic rings. The fourth-order valence-electron chi connectivity index (χ4n) is 8.36. The molecule has 56 heavy (non-hydrogen) atoms. The van der Waals surface area contributed by atoms with Crippen LogP contribution in [0.4, 0.5) is 0 Å². The molecule has 1 amide bonds. The lowest BCUT2D eigenvalue weighted by Gasteiger charge is -2.33. The van der Waals surface area contributed by atoms with Crippen molar-refractivity contribution in [2.45, 2.75) is 96.6 Å². The SMILES string of the molecule is Cc1c(OCCCN2CCCC[C@H]2C)cccc1-c1cccc2c1CC[C@@H]2Oc1cc(OCc2cc(C#N)cc(C#N)c2)c(CNC[C@H]2CCC(=O)N2)cc1Cl. The van der Waals surface area contributed by atoms with Crippen LogP contribution in [-0.4, -0.2) is 49.1 Å². The smallest absolute Gasteiger partial charge is 0.220 e. The molecule has 2 heterocycles. The van der Waals surface area contributed by atoms with Gasteiger partial charge >= 0.3 is 0 Å². The highest BCUT2D eigenvalue weighted by Gasteiger charge is 2.29. The fraction of sp³-hybridized carbons (Fsp3) is 0.413. The number of hydrogen-bond acceptors (Lipinski definition) is 8. The first-order chi connectivity index (χ1) is 27.3. The zero-order valence-corrected chi connectivity index (χ0v) is 33.1. The first kappa shape index (κ1) is 39.2. The average molecular weight is 772 g/mol. The molecule has 1 aliphatic carbocycles. The molecule has 2 aliphatic heterocycles. The number of nitrogens with zero attached hydrogens (tertiary/aromatic N) is 3. The monoisotopic (exact) mass is 771 g/mol. The normalized spacial score (nSPS) is 19.2. The number of nitriles is 2. The van der Waals surface area contributed by atoms with Crippen molar-refractivity contribution in [3.05, 3.63) is 111 Å². The van der Waals surface area contributed by atoms with Crippen LogP contribution in [0.25, 0.3) is 11.1 Å². The van der Waals surface area contributed by atoms with Crippen molar-refractivity contribution < 1.29 is 19.0 Å². The van der Waals surface area contributed by atoms with Gasteiger partial charge in [-0.1, -0.05) is 48.4 Å². The van der Waals surface area contributed by atoms with Gasteiger partial charge in [0.25, 0.3) is 0 Å². The highest BCUT2D eigenvalue weighted by atomic mass is 35.5. The van der Waals surface area contributed by atoms with E-state index in [1.165, 1.54) is 42.5 Å². The molecule has 2 N–H and O–H groups in total. The van der Waals surface area contributed by atoms with Gasteiger partial charge in [-0.3, -0.25) is 4.79 Å². The summed E-state index contributed by atoms with van der Waals surface area (Å²) in [5.41, 5.74) is 8.26. The molecule has 2 saturated heterocycles. The Labute approximate surface area is 335 Å². The Hall–Kier alpha value is -5.06. The molecule has 0 unspecified atom stereocenters. The Morgan fingerprint density at radius 1 is 0.911 bits per heavy atom. The van der Waals surface area contributed by atoms with Gasteiger partial charge < -0.3 is 29.7 Å². The highest BCUT2D eigenvalue weighted by Crippen LogP contribution is 2.44. The van der Waals surface area contributed by atoms with Gasteiger partial charge in [0.05, 0.1) is 34.9 Å². The number of likely N-dealkylation sites (tertiary alicyclic amines) is 1. The van der Waals surface area contributed by atoms with E-state index in [2.05, 4.69) is 77.9 Å². The van der Waals surface area contributed by atoms with Crippen LogP contribution in [0.1, 0.15) is 96.9 Å². The van der Waals surface area contributed by atoms with E-state index < -0.39 is 0 Å². The minimum Gasteiger partial charge on any atom is -0.493 e. The maximum absolute atomic E-state index is 11.7. The van der Waals surface area contributed by atoms with E-state index >= 15 is 0 Å². The predicted molar refractivity (Wildman–Crippen MR) is 218 cm³/mol. The minimum absolute atomic E-state index is 0.0728. The summed E-state index contributed by atoms with van der Waals surface area (Å²) in [6.07, 6.45) is 7.73. The van der Waals surface area contributed by atoms with Crippen molar-refractivity contribution >= 4 is 17.5 Å². The first-order valence-electron chi connectivity index (χ1n) is 19.9. The molecular formula is C46H50ClN5O4. The molecule has 0 radical (unpaired) electrons. The lowest BCUT2D eigenvalue weighted by atomic mass is 9.93. The van der Waals surface area contributed by atoms with Gasteiger partial charge in [-0.25, -0.2) is 0 Å². The number of fused-ring (bicyclic) bond motifs is 1. The topological polar surface area (TPSA) is 120 Å². The lowest BCUT2D eigenvalue weighted by Crippen LogP contribution is -2.38. The summed E-state index contributed by atoms with van der Waals surface area (Å²) < 4.78 is 19.5. The number of hydrogen-bond donors (Lipinski definition) is 2. The lowest BCUT2D eigenvalue weighted by molar-refractivity contribution is -0.119. The van der Waals surface area contributed by atoms with E-state index in [9.17, 15) is 15.3 Å². The Morgan fingerprint density at radius 3 is 2.48 bits per heavy atom. The van der Waals surface area contributed by atoms with Crippen LogP contribution in [-0.2, 0) is 24.4 Å². The number of halogens is 1. The van der Waals surface area contributed by atoms with Crippen LogP contribution in [0.3, 0.4) is 0 Å². The van der Waals surface area contributed by atoms with Gasteiger partial charge in [0, 0.05) is 49.8 Å². The van der Waals surface area contributed by atoms with Crippen LogP contribution in [0.5, 0.6) is 17.2 Å². The summed E-state index contributed by atoms with van der Waals surface area (Å²) >= 11 is 6.94. The number of carbonyl (C=O) groups is 1. The molecule has 290 valence electrons. The second-order valence-corrected chi connectivity index (χ2v) is 15.7. The summed E-state index contributed by atoms with van der Waals surface area (Å²) in [4.78, 5) is 14.3. The quantitative estimate of drug-likeness (QED) is 0.115. The van der Waals surface area contributed by atoms with E-state index in [1.807, 2.05) is 12.1 Å². The molecule has 4 aromatic carbocycles. The van der Waals surface area contributed by atoms with Crippen LogP contribution in [0.2, 0.25) is 5.02 Å². The van der Waals surface area contributed by atoms with Gasteiger partial charge in [0.1, 0.15) is 30.0 Å². The zero-order valence-electron chi connectivity index (χ0n) is 32.3. The highest BCUT2D eigenvalue weighted by molar-refractivity contribution is 6.32. The summed E-state index contributed by atoms with van der Waals surface area (Å²) in [7, 11) is 0. The number of piperidine rings is 1. The van der Waals surface area contributed by atoms with Crippen molar-refractivity contribution in [2.24, 2.45) is 0 Å². The van der Waals surface area contributed by atoms with Crippen molar-refractivity contribution in [1.82, 2.24) is 15.5 Å². The summed E-state index contributed by atoms with van der Waals surface area (Å²) in [6, 6.07) is 26.5. The van der Waals surface area contributed by atoms with Gasteiger partial charge in [-0.2, -0.15) is 10.5 Å². The summed E-state index contributed by atoms with van der Waals surface area (Å²) in [6.45, 7) is 8.67. The second-order valence-electron chi connectivity index (χ2n) is 15.3. The molecule has 0 spiro atoms. The van der Waals surface area contributed by atoms with E-state index in [0.717, 1.165) is 54.7 Å². The van der Waals surface area contributed by atoms with Crippen LogP contribution in [0, 0.1) is 29.6 Å². The van der Waals surface area contributed by atoms with Gasteiger partial charge in [0.15, 0.2) is 0 Å². The first-order valence-corrected chi connectivity index (χ1v) is 20.3. The summed E-state index contributed by atoms with van der Waals surface area (Å²) in [5, 5.41) is 25.9. The Kier molecular flexibility index (Phi) is 12.8. The zero-order chi connectivity index (χ0) is 39.0. The Morgan fingerprint density at radius 2 is 1.71 bits per heavy atom. The molecule has 3 atom stereocenters. The third-order valence-corrected chi connectivity index (χ3v) is 11.7. The van der Waals surface area contributed by atoms with Crippen LogP contribution < -0.4 is 24.8 Å². The third kappa shape index (κ3) is 9.31. The van der Waals surface area contributed by atoms with Crippen LogP contribution in [0.15, 0.2) is 66.7 Å². The van der Waals surface area contributed by atoms with Crippen molar-refractivity contribution in [1.29, 1.82) is 10.5 Å². The number of nitrogens with one attached hydrogen (secondary N) is 2. The molecule has 10 heteroatoms. The molecule has 0 saturated carbocycles. The maximum Gasteiger partial charge on any atom is 0.220 e. The van der Waals surface area contributed by atoms with Gasteiger partial charge in [0.2, 0.25) is 5.91 Å². The third-order valence-electron chi connectivity index (χ3n) is 11.4. The molecule has 7 rings (SSSR count). The Bertz CT molecular complexity index is 2110. The molecule has 2 fully saturated rings. The van der Waals surface area contributed by atoms with Crippen LogP contribution >= 0.6 is 11.6 Å².